The summed E-state index contributed by atoms with van der Waals surface area (Å²) in [6.07, 6.45) is 4.93. The van der Waals surface area contributed by atoms with Gasteiger partial charge in [0.2, 0.25) is 16.0 Å². The zero-order valence-corrected chi connectivity index (χ0v) is 22.5. The van der Waals surface area contributed by atoms with Crippen LogP contribution in [0.1, 0.15) is 44.3 Å². The van der Waals surface area contributed by atoms with Gasteiger partial charge in [0.15, 0.2) is 11.6 Å². The Bertz CT molecular complexity index is 1510. The molecule has 0 fully saturated rings. The molecule has 1 aromatic carbocycles. The molecular formula is C25H26ClN7O4S. The number of fused-ring (bicyclic) bond motifs is 3. The van der Waals surface area contributed by atoms with Crippen molar-refractivity contribution in [2.75, 3.05) is 11.3 Å². The lowest BCUT2D eigenvalue weighted by Gasteiger charge is -2.26. The molecule has 0 radical (unpaired) electrons. The summed E-state index contributed by atoms with van der Waals surface area (Å²) in [5.74, 6) is 1.34. The Morgan fingerprint density at radius 2 is 1.84 bits per heavy atom. The van der Waals surface area contributed by atoms with Crippen LogP contribution in [0.2, 0.25) is 5.02 Å². The van der Waals surface area contributed by atoms with E-state index in [1.54, 1.807) is 17.0 Å². The van der Waals surface area contributed by atoms with E-state index in [9.17, 15) is 8.42 Å². The van der Waals surface area contributed by atoms with E-state index < -0.39 is 27.4 Å². The van der Waals surface area contributed by atoms with Crippen LogP contribution in [0.25, 0.3) is 11.4 Å². The standard InChI is InChI=1S/C25H26ClN7O4S/c1-15(2)37-22(23-28-12-18(26)13-29-23)16(3)38(34,35)32-25-31-30-24-19-8-4-5-9-21(19)36-14-20(33(24)25)17-7-6-10-27-11-17/h4-13,15-16,20,22H,14H2,1-3H3,(H,31,32)/t16-,20-,22+/m0/s1. The highest BCUT2D eigenvalue weighted by atomic mass is 35.5. The Balaban J connectivity index is 1.55. The largest absolute Gasteiger partial charge is 0.490 e. The van der Waals surface area contributed by atoms with Gasteiger partial charge in [0.05, 0.1) is 22.7 Å². The van der Waals surface area contributed by atoms with Crippen LogP contribution in [-0.4, -0.2) is 56.1 Å². The number of benzene rings is 1. The summed E-state index contributed by atoms with van der Waals surface area (Å²) in [5.41, 5.74) is 1.51. The SMILES string of the molecule is CC(C)O[C@@H](c1ncc(Cl)cn1)[C@H](C)S(=O)(=O)Nc1nnc2n1[C@H](c1cccnc1)COc1ccccc1-2. The van der Waals surface area contributed by atoms with Gasteiger partial charge in [-0.3, -0.25) is 14.3 Å². The van der Waals surface area contributed by atoms with Crippen molar-refractivity contribution in [1.82, 2.24) is 29.7 Å². The Morgan fingerprint density at radius 1 is 1.08 bits per heavy atom. The van der Waals surface area contributed by atoms with Crippen molar-refractivity contribution in [2.24, 2.45) is 0 Å². The molecule has 1 N–H and O–H groups in total. The van der Waals surface area contributed by atoms with Crippen molar-refractivity contribution in [3.8, 4) is 17.1 Å². The van der Waals surface area contributed by atoms with Gasteiger partial charge in [0, 0.05) is 24.8 Å². The van der Waals surface area contributed by atoms with Crippen LogP contribution in [0.5, 0.6) is 5.75 Å². The molecule has 198 valence electrons. The Hall–Kier alpha value is -3.61. The average molecular weight is 556 g/mol. The van der Waals surface area contributed by atoms with E-state index in [0.29, 0.717) is 22.2 Å². The van der Waals surface area contributed by atoms with Crippen LogP contribution in [-0.2, 0) is 14.8 Å². The van der Waals surface area contributed by atoms with E-state index in [1.807, 2.05) is 50.2 Å². The molecule has 4 aromatic rings. The third-order valence-corrected chi connectivity index (χ3v) is 7.95. The maximum Gasteiger partial charge on any atom is 0.240 e. The lowest BCUT2D eigenvalue weighted by atomic mass is 10.1. The number of para-hydroxylation sites is 1. The summed E-state index contributed by atoms with van der Waals surface area (Å²) >= 11 is 5.94. The topological polar surface area (TPSA) is 134 Å². The number of nitrogens with zero attached hydrogens (tertiary/aromatic N) is 6. The Kier molecular flexibility index (Phi) is 7.28. The highest BCUT2D eigenvalue weighted by Gasteiger charge is 2.37. The number of anilines is 1. The molecule has 3 aromatic heterocycles. The number of ether oxygens (including phenoxy) is 2. The minimum atomic E-state index is -4.08. The van der Waals surface area contributed by atoms with Crippen LogP contribution in [0.3, 0.4) is 0 Å². The van der Waals surface area contributed by atoms with E-state index in [2.05, 4.69) is 29.9 Å². The Morgan fingerprint density at radius 3 is 2.55 bits per heavy atom. The van der Waals surface area contributed by atoms with E-state index in [0.717, 1.165) is 5.56 Å². The first-order valence-electron chi connectivity index (χ1n) is 12.0. The molecule has 11 nitrogen and oxygen atoms in total. The van der Waals surface area contributed by atoms with Gasteiger partial charge in [0.1, 0.15) is 23.7 Å². The number of sulfonamides is 1. The van der Waals surface area contributed by atoms with Gasteiger partial charge in [-0.2, -0.15) is 0 Å². The third kappa shape index (κ3) is 5.19. The number of hydrogen-bond donors (Lipinski definition) is 1. The van der Waals surface area contributed by atoms with Gasteiger partial charge in [-0.05, 0) is 44.5 Å². The number of nitrogens with one attached hydrogen (secondary N) is 1. The summed E-state index contributed by atoms with van der Waals surface area (Å²) in [7, 11) is -4.08. The van der Waals surface area contributed by atoms with Gasteiger partial charge in [-0.25, -0.2) is 18.4 Å². The maximum absolute atomic E-state index is 13.7. The highest BCUT2D eigenvalue weighted by molar-refractivity contribution is 7.93. The predicted octanol–water partition coefficient (Wildman–Crippen LogP) is 4.06. The summed E-state index contributed by atoms with van der Waals surface area (Å²) in [6.45, 7) is 5.37. The molecule has 0 saturated carbocycles. The molecule has 4 heterocycles. The molecule has 0 unspecified atom stereocenters. The number of hydrogen-bond acceptors (Lipinski definition) is 9. The number of pyridine rings is 1. The normalized spacial score (nSPS) is 16.6. The van der Waals surface area contributed by atoms with Crippen LogP contribution in [0.4, 0.5) is 5.95 Å². The second kappa shape index (κ2) is 10.6. The van der Waals surface area contributed by atoms with E-state index in [-0.39, 0.29) is 24.5 Å². The summed E-state index contributed by atoms with van der Waals surface area (Å²) in [6, 6.07) is 10.7. The quantitative estimate of drug-likeness (QED) is 0.341. The molecule has 0 aliphatic carbocycles. The zero-order chi connectivity index (χ0) is 26.9. The first kappa shape index (κ1) is 26.0. The van der Waals surface area contributed by atoms with E-state index in [4.69, 9.17) is 21.1 Å². The Labute approximate surface area is 225 Å². The second-order valence-corrected chi connectivity index (χ2v) is 11.5. The van der Waals surface area contributed by atoms with Crippen LogP contribution in [0, 0.1) is 0 Å². The average Bonchev–Trinajstić information content (AvgIpc) is 3.22. The molecule has 13 heteroatoms. The highest BCUT2D eigenvalue weighted by Crippen LogP contribution is 2.38. The lowest BCUT2D eigenvalue weighted by Crippen LogP contribution is -2.35. The van der Waals surface area contributed by atoms with Crippen molar-refractivity contribution in [2.45, 2.75) is 44.3 Å². The molecule has 1 aliphatic rings. The fourth-order valence-corrected chi connectivity index (χ4v) is 5.39. The fraction of sp³-hybridized carbons (Fsp3) is 0.320. The van der Waals surface area contributed by atoms with Crippen LogP contribution < -0.4 is 9.46 Å². The molecule has 0 spiro atoms. The second-order valence-electron chi connectivity index (χ2n) is 9.04. The molecule has 3 atom stereocenters. The van der Waals surface area contributed by atoms with Gasteiger partial charge >= 0.3 is 0 Å². The molecular weight excluding hydrogens is 530 g/mol. The van der Waals surface area contributed by atoms with Crippen LogP contribution in [0.15, 0.2) is 61.2 Å². The lowest BCUT2D eigenvalue weighted by molar-refractivity contribution is 0.00154. The van der Waals surface area contributed by atoms with Crippen molar-refractivity contribution in [3.63, 3.8) is 0 Å². The molecule has 1 aliphatic heterocycles. The fourth-order valence-electron chi connectivity index (χ4n) is 4.21. The van der Waals surface area contributed by atoms with Gasteiger partial charge in [-0.15, -0.1) is 10.2 Å². The summed E-state index contributed by atoms with van der Waals surface area (Å²) in [5, 5.41) is 7.84. The molecule has 0 bridgehead atoms. The molecule has 0 amide bonds. The van der Waals surface area contributed by atoms with Crippen LogP contribution >= 0.6 is 11.6 Å². The first-order valence-corrected chi connectivity index (χ1v) is 13.9. The zero-order valence-electron chi connectivity index (χ0n) is 20.9. The predicted molar refractivity (Wildman–Crippen MR) is 141 cm³/mol. The summed E-state index contributed by atoms with van der Waals surface area (Å²) < 4.78 is 43.9. The smallest absolute Gasteiger partial charge is 0.240 e. The molecule has 0 saturated heterocycles. The van der Waals surface area contributed by atoms with Crippen molar-refractivity contribution < 1.29 is 17.9 Å². The third-order valence-electron chi connectivity index (χ3n) is 6.06. The minimum absolute atomic E-state index is 0.0429. The first-order chi connectivity index (χ1) is 18.2. The van der Waals surface area contributed by atoms with Crippen molar-refractivity contribution in [3.05, 3.63) is 77.6 Å². The van der Waals surface area contributed by atoms with E-state index >= 15 is 0 Å². The van der Waals surface area contributed by atoms with Gasteiger partial charge < -0.3 is 9.47 Å². The molecule has 38 heavy (non-hydrogen) atoms. The molecule has 5 rings (SSSR count). The van der Waals surface area contributed by atoms with Gasteiger partial charge in [-0.1, -0.05) is 29.8 Å². The van der Waals surface area contributed by atoms with Crippen molar-refractivity contribution in [1.29, 1.82) is 0 Å². The summed E-state index contributed by atoms with van der Waals surface area (Å²) in [4.78, 5) is 12.6. The number of aromatic nitrogens is 6. The minimum Gasteiger partial charge on any atom is -0.490 e. The van der Waals surface area contributed by atoms with Crippen molar-refractivity contribution >= 4 is 27.6 Å². The maximum atomic E-state index is 13.7. The van der Waals surface area contributed by atoms with Gasteiger partial charge in [0.25, 0.3) is 0 Å². The monoisotopic (exact) mass is 555 g/mol. The number of halogens is 1. The van der Waals surface area contributed by atoms with E-state index in [1.165, 1.54) is 19.3 Å². The number of rotatable bonds is 8.